The van der Waals surface area contributed by atoms with Gasteiger partial charge in [-0.2, -0.15) is 0 Å². The molecule has 0 aromatic heterocycles. The van der Waals surface area contributed by atoms with Crippen LogP contribution in [0.1, 0.15) is 5.56 Å². The molecule has 0 amide bonds. The van der Waals surface area contributed by atoms with Crippen LogP contribution in [0.25, 0.3) is 0 Å². The molecule has 94 valence electrons. The van der Waals surface area contributed by atoms with Crippen molar-refractivity contribution in [2.45, 2.75) is 6.54 Å². The van der Waals surface area contributed by atoms with Crippen molar-refractivity contribution in [2.24, 2.45) is 5.73 Å². The summed E-state index contributed by atoms with van der Waals surface area (Å²) in [6.07, 6.45) is 0. The van der Waals surface area contributed by atoms with E-state index in [2.05, 4.69) is 15.9 Å². The van der Waals surface area contributed by atoms with E-state index in [1.54, 1.807) is 24.3 Å². The number of ether oxygens (including phenoxy) is 1. The lowest BCUT2D eigenvalue weighted by molar-refractivity contribution is 0.475. The quantitative estimate of drug-likeness (QED) is 0.899. The Hall–Kier alpha value is -1.10. The van der Waals surface area contributed by atoms with Crippen molar-refractivity contribution in [1.82, 2.24) is 0 Å². The summed E-state index contributed by atoms with van der Waals surface area (Å²) in [7, 11) is 0. The average Bonchev–Trinajstić information content (AvgIpc) is 2.33. The SMILES string of the molecule is NCc1cc(F)cc(Oc2cc(Br)ccc2Cl)c1. The molecule has 2 rings (SSSR count). The lowest BCUT2D eigenvalue weighted by atomic mass is 10.2. The predicted molar refractivity (Wildman–Crippen MR) is 73.5 cm³/mol. The van der Waals surface area contributed by atoms with Gasteiger partial charge in [0.05, 0.1) is 5.02 Å². The molecular formula is C13H10BrClFNO. The zero-order valence-corrected chi connectivity index (χ0v) is 11.6. The second kappa shape index (κ2) is 5.69. The van der Waals surface area contributed by atoms with Crippen LogP contribution >= 0.6 is 27.5 Å². The van der Waals surface area contributed by atoms with Crippen molar-refractivity contribution in [1.29, 1.82) is 0 Å². The third-order valence-electron chi connectivity index (χ3n) is 2.29. The Balaban J connectivity index is 2.33. The van der Waals surface area contributed by atoms with Crippen LogP contribution in [-0.2, 0) is 6.54 Å². The predicted octanol–water partition coefficient (Wildman–Crippen LogP) is 4.49. The average molecular weight is 331 g/mol. The summed E-state index contributed by atoms with van der Waals surface area (Å²) >= 11 is 9.31. The maximum absolute atomic E-state index is 13.3. The van der Waals surface area contributed by atoms with Gasteiger partial charge in [0.15, 0.2) is 0 Å². The standard InChI is InChI=1S/C13H10BrClFNO/c14-9-1-2-12(15)13(5-9)18-11-4-8(7-17)3-10(16)6-11/h1-6H,7,17H2. The number of nitrogens with two attached hydrogens (primary N) is 1. The van der Waals surface area contributed by atoms with E-state index in [9.17, 15) is 4.39 Å². The fraction of sp³-hybridized carbons (Fsp3) is 0.0769. The van der Waals surface area contributed by atoms with E-state index in [1.807, 2.05) is 0 Å². The first-order chi connectivity index (χ1) is 8.58. The highest BCUT2D eigenvalue weighted by atomic mass is 79.9. The molecule has 2 N–H and O–H groups in total. The first-order valence-electron chi connectivity index (χ1n) is 5.21. The molecule has 0 fully saturated rings. The highest BCUT2D eigenvalue weighted by Gasteiger charge is 2.06. The monoisotopic (exact) mass is 329 g/mol. The topological polar surface area (TPSA) is 35.2 Å². The molecule has 0 spiro atoms. The molecule has 0 saturated carbocycles. The van der Waals surface area contributed by atoms with Gasteiger partial charge in [-0.1, -0.05) is 27.5 Å². The van der Waals surface area contributed by atoms with Crippen LogP contribution in [0.3, 0.4) is 0 Å². The van der Waals surface area contributed by atoms with Crippen molar-refractivity contribution in [3.05, 3.63) is 57.3 Å². The van der Waals surface area contributed by atoms with Crippen LogP contribution in [0.4, 0.5) is 4.39 Å². The molecular weight excluding hydrogens is 321 g/mol. The van der Waals surface area contributed by atoms with Crippen molar-refractivity contribution in [3.63, 3.8) is 0 Å². The number of hydrogen-bond acceptors (Lipinski definition) is 2. The lowest BCUT2D eigenvalue weighted by Crippen LogP contribution is -1.97. The van der Waals surface area contributed by atoms with E-state index in [1.165, 1.54) is 12.1 Å². The normalized spacial score (nSPS) is 10.4. The molecule has 0 aliphatic carbocycles. The van der Waals surface area contributed by atoms with E-state index in [4.69, 9.17) is 22.1 Å². The van der Waals surface area contributed by atoms with Gasteiger partial charge in [-0.05, 0) is 35.9 Å². The van der Waals surface area contributed by atoms with Gasteiger partial charge in [0, 0.05) is 17.1 Å². The van der Waals surface area contributed by atoms with Gasteiger partial charge in [0.2, 0.25) is 0 Å². The number of hydrogen-bond donors (Lipinski definition) is 1. The molecule has 0 saturated heterocycles. The third kappa shape index (κ3) is 3.22. The third-order valence-corrected chi connectivity index (χ3v) is 3.09. The summed E-state index contributed by atoms with van der Waals surface area (Å²) in [6.45, 7) is 0.250. The van der Waals surface area contributed by atoms with Crippen molar-refractivity contribution in [2.75, 3.05) is 0 Å². The molecule has 2 aromatic carbocycles. The summed E-state index contributed by atoms with van der Waals surface area (Å²) < 4.78 is 19.7. The Bertz CT molecular complexity index is 577. The van der Waals surface area contributed by atoms with E-state index < -0.39 is 0 Å². The Labute approximate surface area is 118 Å². The Morgan fingerprint density at radius 2 is 2.00 bits per heavy atom. The van der Waals surface area contributed by atoms with E-state index in [0.717, 1.165) is 4.47 Å². The summed E-state index contributed by atoms with van der Waals surface area (Å²) in [5.74, 6) is 0.439. The van der Waals surface area contributed by atoms with Crippen LogP contribution in [0.5, 0.6) is 11.5 Å². The van der Waals surface area contributed by atoms with Crippen molar-refractivity contribution >= 4 is 27.5 Å². The van der Waals surface area contributed by atoms with Crippen LogP contribution in [-0.4, -0.2) is 0 Å². The van der Waals surface area contributed by atoms with Crippen LogP contribution in [0.2, 0.25) is 5.02 Å². The first-order valence-corrected chi connectivity index (χ1v) is 6.38. The van der Waals surface area contributed by atoms with Gasteiger partial charge in [-0.15, -0.1) is 0 Å². The minimum Gasteiger partial charge on any atom is -0.456 e. The highest BCUT2D eigenvalue weighted by Crippen LogP contribution is 2.32. The van der Waals surface area contributed by atoms with E-state index >= 15 is 0 Å². The zero-order valence-electron chi connectivity index (χ0n) is 9.29. The maximum Gasteiger partial charge on any atom is 0.147 e. The fourth-order valence-electron chi connectivity index (χ4n) is 1.48. The molecule has 0 aliphatic heterocycles. The van der Waals surface area contributed by atoms with Gasteiger partial charge in [0.1, 0.15) is 17.3 Å². The first kappa shape index (κ1) is 13.3. The molecule has 0 unspecified atom stereocenters. The van der Waals surface area contributed by atoms with Gasteiger partial charge in [0.25, 0.3) is 0 Å². The molecule has 0 bridgehead atoms. The number of halogens is 3. The van der Waals surface area contributed by atoms with E-state index in [0.29, 0.717) is 22.1 Å². The highest BCUT2D eigenvalue weighted by molar-refractivity contribution is 9.10. The van der Waals surface area contributed by atoms with Crippen molar-refractivity contribution in [3.8, 4) is 11.5 Å². The molecule has 18 heavy (non-hydrogen) atoms. The smallest absolute Gasteiger partial charge is 0.147 e. The summed E-state index contributed by atoms with van der Waals surface area (Å²) in [6, 6.07) is 9.55. The largest absolute Gasteiger partial charge is 0.456 e. The summed E-state index contributed by atoms with van der Waals surface area (Å²) in [5.41, 5.74) is 6.14. The second-order valence-corrected chi connectivity index (χ2v) is 5.00. The van der Waals surface area contributed by atoms with Crippen molar-refractivity contribution < 1.29 is 9.13 Å². The Morgan fingerprint density at radius 3 is 2.72 bits per heavy atom. The Morgan fingerprint density at radius 1 is 1.22 bits per heavy atom. The van der Waals surface area contributed by atoms with E-state index in [-0.39, 0.29) is 12.4 Å². The molecule has 0 heterocycles. The van der Waals surface area contributed by atoms with Crippen LogP contribution < -0.4 is 10.5 Å². The molecule has 0 atom stereocenters. The summed E-state index contributed by atoms with van der Waals surface area (Å²) in [4.78, 5) is 0. The van der Waals surface area contributed by atoms with Crippen LogP contribution in [0, 0.1) is 5.82 Å². The second-order valence-electron chi connectivity index (χ2n) is 3.68. The maximum atomic E-state index is 13.3. The zero-order chi connectivity index (χ0) is 13.1. The Kier molecular flexibility index (Phi) is 4.22. The summed E-state index contributed by atoms with van der Waals surface area (Å²) in [5, 5.41) is 0.455. The fourth-order valence-corrected chi connectivity index (χ4v) is 1.98. The van der Waals surface area contributed by atoms with Crippen LogP contribution in [0.15, 0.2) is 40.9 Å². The molecule has 0 aliphatic rings. The number of rotatable bonds is 3. The van der Waals surface area contributed by atoms with Gasteiger partial charge in [-0.25, -0.2) is 4.39 Å². The van der Waals surface area contributed by atoms with Gasteiger partial charge < -0.3 is 10.5 Å². The van der Waals surface area contributed by atoms with Gasteiger partial charge in [-0.3, -0.25) is 0 Å². The minimum atomic E-state index is -0.390. The molecule has 2 aromatic rings. The number of benzene rings is 2. The van der Waals surface area contributed by atoms with Gasteiger partial charge >= 0.3 is 0 Å². The molecule has 5 heteroatoms. The lowest BCUT2D eigenvalue weighted by Gasteiger charge is -2.09. The molecule has 2 nitrogen and oxygen atoms in total. The molecule has 0 radical (unpaired) electrons. The minimum absolute atomic E-state index is 0.250.